The summed E-state index contributed by atoms with van der Waals surface area (Å²) >= 11 is 1.70. The van der Waals surface area contributed by atoms with E-state index in [1.165, 1.54) is 5.56 Å². The summed E-state index contributed by atoms with van der Waals surface area (Å²) in [7, 11) is 2.14. The van der Waals surface area contributed by atoms with Gasteiger partial charge in [-0.1, -0.05) is 13.8 Å². The van der Waals surface area contributed by atoms with Gasteiger partial charge in [-0.3, -0.25) is 10.1 Å². The number of carbonyl (C=O) groups excluding carboxylic acids is 1. The molecule has 0 bridgehead atoms. The molecular weight excluding hydrogens is 282 g/mol. The van der Waals surface area contributed by atoms with Crippen molar-refractivity contribution in [3.63, 3.8) is 0 Å². The van der Waals surface area contributed by atoms with Gasteiger partial charge in [-0.15, -0.1) is 0 Å². The molecule has 21 heavy (non-hydrogen) atoms. The summed E-state index contributed by atoms with van der Waals surface area (Å²) in [4.78, 5) is 17.3. The van der Waals surface area contributed by atoms with Crippen molar-refractivity contribution in [2.75, 3.05) is 20.1 Å². The Morgan fingerprint density at radius 2 is 2.29 bits per heavy atom. The van der Waals surface area contributed by atoms with E-state index in [4.69, 9.17) is 0 Å². The van der Waals surface area contributed by atoms with Gasteiger partial charge in [0.05, 0.1) is 6.04 Å². The number of hydrogen-bond acceptors (Lipinski definition) is 4. The van der Waals surface area contributed by atoms with Crippen LogP contribution in [0.15, 0.2) is 16.8 Å². The Labute approximate surface area is 131 Å². The second kappa shape index (κ2) is 6.07. The van der Waals surface area contributed by atoms with Crippen molar-refractivity contribution >= 4 is 17.2 Å². The topological polar surface area (TPSA) is 35.6 Å². The average Bonchev–Trinajstić information content (AvgIpc) is 3.11. The van der Waals surface area contributed by atoms with Gasteiger partial charge < -0.3 is 9.80 Å². The molecule has 3 heterocycles. The molecule has 0 aromatic carbocycles. The molecule has 1 aromatic rings. The van der Waals surface area contributed by atoms with E-state index in [1.54, 1.807) is 11.3 Å². The van der Waals surface area contributed by atoms with E-state index in [0.29, 0.717) is 17.9 Å². The molecule has 0 spiro atoms. The van der Waals surface area contributed by atoms with Crippen molar-refractivity contribution in [2.24, 2.45) is 5.92 Å². The molecule has 2 aliphatic heterocycles. The van der Waals surface area contributed by atoms with E-state index in [9.17, 15) is 4.79 Å². The Balaban J connectivity index is 1.83. The smallest absolute Gasteiger partial charge is 0.241 e. The lowest BCUT2D eigenvalue weighted by atomic mass is 10.0. The molecule has 2 saturated heterocycles. The van der Waals surface area contributed by atoms with Crippen LogP contribution in [0.2, 0.25) is 0 Å². The summed E-state index contributed by atoms with van der Waals surface area (Å²) in [5.74, 6) is 0.820. The number of carbonyl (C=O) groups is 1. The maximum absolute atomic E-state index is 12.9. The fraction of sp³-hybridized carbons (Fsp3) is 0.688. The summed E-state index contributed by atoms with van der Waals surface area (Å²) in [5, 5.41) is 7.84. The second-order valence-electron chi connectivity index (χ2n) is 6.76. The number of amides is 1. The van der Waals surface area contributed by atoms with Crippen LogP contribution in [0.1, 0.15) is 38.4 Å². The van der Waals surface area contributed by atoms with Crippen LogP contribution in [-0.4, -0.2) is 47.9 Å². The van der Waals surface area contributed by atoms with Crippen molar-refractivity contribution in [2.45, 2.75) is 44.9 Å². The quantitative estimate of drug-likeness (QED) is 0.927. The van der Waals surface area contributed by atoms with Crippen LogP contribution in [0.3, 0.4) is 0 Å². The first-order chi connectivity index (χ1) is 10.1. The van der Waals surface area contributed by atoms with Crippen LogP contribution in [0.4, 0.5) is 0 Å². The van der Waals surface area contributed by atoms with E-state index >= 15 is 0 Å². The third-order valence-corrected chi connectivity index (χ3v) is 5.22. The first-order valence-electron chi connectivity index (χ1n) is 7.85. The van der Waals surface area contributed by atoms with Gasteiger partial charge in [-0.2, -0.15) is 11.3 Å². The van der Waals surface area contributed by atoms with Crippen molar-refractivity contribution in [1.29, 1.82) is 0 Å². The van der Waals surface area contributed by atoms with E-state index in [2.05, 4.69) is 52.8 Å². The van der Waals surface area contributed by atoms with Crippen LogP contribution in [0, 0.1) is 5.92 Å². The number of likely N-dealkylation sites (tertiary alicyclic amines) is 1. The normalized spacial score (nSPS) is 30.8. The molecule has 0 aliphatic carbocycles. The molecule has 1 aromatic heterocycles. The number of hydrogen-bond donors (Lipinski definition) is 1. The van der Waals surface area contributed by atoms with Crippen molar-refractivity contribution in [3.8, 4) is 0 Å². The average molecular weight is 307 g/mol. The highest BCUT2D eigenvalue weighted by molar-refractivity contribution is 7.07. The lowest BCUT2D eigenvalue weighted by molar-refractivity contribution is -0.132. The first-order valence-corrected chi connectivity index (χ1v) is 8.79. The third kappa shape index (κ3) is 3.00. The Kier molecular flexibility index (Phi) is 4.33. The van der Waals surface area contributed by atoms with Gasteiger partial charge in [0.2, 0.25) is 5.91 Å². The number of likely N-dealkylation sites (N-methyl/N-ethyl adjacent to an activating group) is 1. The summed E-state index contributed by atoms with van der Waals surface area (Å²) in [6, 6.07) is 2.46. The largest absolute Gasteiger partial charge is 0.317 e. The van der Waals surface area contributed by atoms with Gasteiger partial charge in [-0.25, -0.2) is 0 Å². The van der Waals surface area contributed by atoms with E-state index in [1.807, 2.05) is 0 Å². The maximum Gasteiger partial charge on any atom is 0.241 e. The van der Waals surface area contributed by atoms with Gasteiger partial charge in [0.15, 0.2) is 0 Å². The first kappa shape index (κ1) is 15.0. The summed E-state index contributed by atoms with van der Waals surface area (Å²) in [6.45, 7) is 6.43. The van der Waals surface area contributed by atoms with Crippen molar-refractivity contribution < 1.29 is 4.79 Å². The van der Waals surface area contributed by atoms with Crippen LogP contribution in [-0.2, 0) is 4.79 Å². The molecule has 2 aliphatic rings. The SMILES string of the molecule is CC(C)CC1NC(c2ccsc2)N(C2CCN(C)C2)C1=O. The molecule has 0 saturated carbocycles. The predicted octanol–water partition coefficient (Wildman–Crippen LogP) is 2.30. The molecule has 1 amide bonds. The highest BCUT2D eigenvalue weighted by Crippen LogP contribution is 2.33. The summed E-state index contributed by atoms with van der Waals surface area (Å²) in [5.41, 5.74) is 1.23. The Hall–Kier alpha value is -0.910. The van der Waals surface area contributed by atoms with Crippen LogP contribution >= 0.6 is 11.3 Å². The molecule has 3 rings (SSSR count). The number of nitrogens with one attached hydrogen (secondary N) is 1. The Morgan fingerprint density at radius 1 is 1.48 bits per heavy atom. The highest BCUT2D eigenvalue weighted by atomic mass is 32.1. The Bertz CT molecular complexity index is 488. The molecule has 0 radical (unpaired) electrons. The van der Waals surface area contributed by atoms with Gasteiger partial charge in [0.25, 0.3) is 0 Å². The zero-order valence-electron chi connectivity index (χ0n) is 13.1. The molecule has 116 valence electrons. The molecule has 1 N–H and O–H groups in total. The van der Waals surface area contributed by atoms with Gasteiger partial charge in [-0.05, 0) is 54.7 Å². The van der Waals surface area contributed by atoms with Crippen LogP contribution in [0.25, 0.3) is 0 Å². The van der Waals surface area contributed by atoms with Crippen molar-refractivity contribution in [3.05, 3.63) is 22.4 Å². The van der Waals surface area contributed by atoms with Crippen LogP contribution < -0.4 is 5.32 Å². The third-order valence-electron chi connectivity index (χ3n) is 4.52. The highest BCUT2D eigenvalue weighted by Gasteiger charge is 2.44. The zero-order chi connectivity index (χ0) is 15.0. The van der Waals surface area contributed by atoms with E-state index in [0.717, 1.165) is 25.9 Å². The predicted molar refractivity (Wildman–Crippen MR) is 86.2 cm³/mol. The van der Waals surface area contributed by atoms with Gasteiger partial charge in [0.1, 0.15) is 6.17 Å². The lowest BCUT2D eigenvalue weighted by Gasteiger charge is -2.29. The minimum atomic E-state index is -0.0270. The fourth-order valence-electron chi connectivity index (χ4n) is 3.51. The molecule has 3 atom stereocenters. The molecular formula is C16H25N3OS. The summed E-state index contributed by atoms with van der Waals surface area (Å²) in [6.07, 6.45) is 2.06. The minimum Gasteiger partial charge on any atom is -0.317 e. The minimum absolute atomic E-state index is 0.0270. The van der Waals surface area contributed by atoms with E-state index in [-0.39, 0.29) is 12.2 Å². The number of thiophene rings is 1. The number of rotatable bonds is 4. The summed E-state index contributed by atoms with van der Waals surface area (Å²) < 4.78 is 0. The molecule has 5 heteroatoms. The molecule has 4 nitrogen and oxygen atoms in total. The van der Waals surface area contributed by atoms with Crippen molar-refractivity contribution in [1.82, 2.24) is 15.1 Å². The molecule has 3 unspecified atom stereocenters. The number of nitrogens with zero attached hydrogens (tertiary/aromatic N) is 2. The van der Waals surface area contributed by atoms with Gasteiger partial charge >= 0.3 is 0 Å². The molecule has 2 fully saturated rings. The van der Waals surface area contributed by atoms with E-state index < -0.39 is 0 Å². The monoisotopic (exact) mass is 307 g/mol. The Morgan fingerprint density at radius 3 is 2.86 bits per heavy atom. The maximum atomic E-state index is 12.9. The van der Waals surface area contributed by atoms with Gasteiger partial charge in [0, 0.05) is 12.6 Å². The fourth-order valence-corrected chi connectivity index (χ4v) is 4.19. The standard InChI is InChI=1S/C16H25N3OS/c1-11(2)8-14-16(20)19(13-4-6-18(3)9-13)15(17-14)12-5-7-21-10-12/h5,7,10-11,13-15,17H,4,6,8-9H2,1-3H3. The second-order valence-corrected chi connectivity index (χ2v) is 7.54. The zero-order valence-corrected chi connectivity index (χ0v) is 13.9. The van der Waals surface area contributed by atoms with Crippen LogP contribution in [0.5, 0.6) is 0 Å². The lowest BCUT2D eigenvalue weighted by Crippen LogP contribution is -2.41.